The van der Waals surface area contributed by atoms with Gasteiger partial charge >= 0.3 is 0 Å². The van der Waals surface area contributed by atoms with Crippen LogP contribution in [0.1, 0.15) is 25.1 Å². The van der Waals surface area contributed by atoms with Gasteiger partial charge in [0.05, 0.1) is 7.11 Å². The Hall–Kier alpha value is -1.09. The van der Waals surface area contributed by atoms with Crippen LogP contribution in [0.15, 0.2) is 12.1 Å². The van der Waals surface area contributed by atoms with Crippen LogP contribution in [0.3, 0.4) is 0 Å². The zero-order chi connectivity index (χ0) is 10.8. The van der Waals surface area contributed by atoms with Crippen LogP contribution in [-0.2, 0) is 5.54 Å². The van der Waals surface area contributed by atoms with Crippen LogP contribution in [-0.4, -0.2) is 19.1 Å². The highest BCUT2D eigenvalue weighted by atomic mass is 16.5. The number of rotatable bonds is 3. The van der Waals surface area contributed by atoms with Crippen LogP contribution in [0.5, 0.6) is 5.88 Å². The lowest BCUT2D eigenvalue weighted by atomic mass is 9.95. The van der Waals surface area contributed by atoms with Crippen molar-refractivity contribution in [3.05, 3.63) is 23.4 Å². The summed E-state index contributed by atoms with van der Waals surface area (Å²) >= 11 is 0. The third kappa shape index (κ3) is 2.23. The van der Waals surface area contributed by atoms with E-state index in [4.69, 9.17) is 4.74 Å². The summed E-state index contributed by atoms with van der Waals surface area (Å²) in [5.74, 6) is 0.670. The van der Waals surface area contributed by atoms with Gasteiger partial charge in [0.15, 0.2) is 0 Å². The SMILES string of the molecule is CNC(C)(C)c1cc(C)nc(OC)c1. The van der Waals surface area contributed by atoms with E-state index in [2.05, 4.69) is 30.2 Å². The van der Waals surface area contributed by atoms with Crippen LogP contribution in [0.4, 0.5) is 0 Å². The van der Waals surface area contributed by atoms with Crippen molar-refractivity contribution >= 4 is 0 Å². The molecule has 78 valence electrons. The van der Waals surface area contributed by atoms with Crippen molar-refractivity contribution in [2.75, 3.05) is 14.2 Å². The van der Waals surface area contributed by atoms with E-state index >= 15 is 0 Å². The van der Waals surface area contributed by atoms with Gasteiger partial charge < -0.3 is 10.1 Å². The number of aromatic nitrogens is 1. The number of ether oxygens (including phenoxy) is 1. The van der Waals surface area contributed by atoms with Gasteiger partial charge in [-0.25, -0.2) is 4.98 Å². The standard InChI is InChI=1S/C11H18N2O/c1-8-6-9(11(2,3)12-4)7-10(13-8)14-5/h6-7,12H,1-5H3. The molecule has 0 aliphatic carbocycles. The molecule has 1 N–H and O–H groups in total. The molecule has 0 saturated carbocycles. The number of aryl methyl sites for hydroxylation is 1. The fourth-order valence-electron chi connectivity index (χ4n) is 1.25. The molecule has 0 amide bonds. The van der Waals surface area contributed by atoms with Gasteiger partial charge in [0, 0.05) is 17.3 Å². The van der Waals surface area contributed by atoms with Crippen molar-refractivity contribution in [3.8, 4) is 5.88 Å². The molecule has 0 unspecified atom stereocenters. The first-order valence-corrected chi connectivity index (χ1v) is 4.71. The van der Waals surface area contributed by atoms with E-state index in [0.717, 1.165) is 5.69 Å². The number of nitrogens with zero attached hydrogens (tertiary/aromatic N) is 1. The molecule has 0 aromatic carbocycles. The highest BCUT2D eigenvalue weighted by Gasteiger charge is 2.18. The molecule has 0 radical (unpaired) electrons. The van der Waals surface area contributed by atoms with Gasteiger partial charge in [0.25, 0.3) is 0 Å². The highest BCUT2D eigenvalue weighted by molar-refractivity contribution is 5.29. The Bertz CT molecular complexity index is 321. The quantitative estimate of drug-likeness (QED) is 0.797. The maximum Gasteiger partial charge on any atom is 0.213 e. The number of hydrogen-bond donors (Lipinski definition) is 1. The van der Waals surface area contributed by atoms with Gasteiger partial charge in [-0.05, 0) is 39.4 Å². The highest BCUT2D eigenvalue weighted by Crippen LogP contribution is 2.23. The van der Waals surface area contributed by atoms with Gasteiger partial charge in [0.1, 0.15) is 0 Å². The van der Waals surface area contributed by atoms with Crippen molar-refractivity contribution < 1.29 is 4.74 Å². The van der Waals surface area contributed by atoms with Crippen molar-refractivity contribution in [2.45, 2.75) is 26.3 Å². The maximum atomic E-state index is 5.14. The molecule has 3 heteroatoms. The van der Waals surface area contributed by atoms with Crippen molar-refractivity contribution in [2.24, 2.45) is 0 Å². The minimum Gasteiger partial charge on any atom is -0.481 e. The monoisotopic (exact) mass is 194 g/mol. The molecule has 0 fully saturated rings. The predicted octanol–water partition coefficient (Wildman–Crippen LogP) is 1.85. The lowest BCUT2D eigenvalue weighted by Gasteiger charge is -2.25. The van der Waals surface area contributed by atoms with E-state index in [1.165, 1.54) is 5.56 Å². The average molecular weight is 194 g/mol. The van der Waals surface area contributed by atoms with Crippen molar-refractivity contribution in [3.63, 3.8) is 0 Å². The van der Waals surface area contributed by atoms with Gasteiger partial charge in [0.2, 0.25) is 5.88 Å². The second-order valence-corrected chi connectivity index (χ2v) is 3.91. The summed E-state index contributed by atoms with van der Waals surface area (Å²) in [5, 5.41) is 3.25. The number of hydrogen-bond acceptors (Lipinski definition) is 3. The molecule has 3 nitrogen and oxygen atoms in total. The molecular weight excluding hydrogens is 176 g/mol. The Morgan fingerprint density at radius 2 is 2.00 bits per heavy atom. The Labute approximate surface area is 85.5 Å². The first-order chi connectivity index (χ1) is 6.49. The van der Waals surface area contributed by atoms with Gasteiger partial charge in [-0.15, -0.1) is 0 Å². The largest absolute Gasteiger partial charge is 0.481 e. The van der Waals surface area contributed by atoms with E-state index < -0.39 is 0 Å². The maximum absolute atomic E-state index is 5.14. The lowest BCUT2D eigenvalue weighted by Crippen LogP contribution is -2.33. The number of methoxy groups -OCH3 is 1. The summed E-state index contributed by atoms with van der Waals surface area (Å²) in [6.45, 7) is 6.22. The molecule has 0 bridgehead atoms. The molecule has 0 spiro atoms. The topological polar surface area (TPSA) is 34.2 Å². The Kier molecular flexibility index (Phi) is 3.11. The zero-order valence-electron chi connectivity index (χ0n) is 9.51. The minimum absolute atomic E-state index is 0.0546. The summed E-state index contributed by atoms with van der Waals surface area (Å²) < 4.78 is 5.14. The third-order valence-corrected chi connectivity index (χ3v) is 2.49. The van der Waals surface area contributed by atoms with Crippen LogP contribution < -0.4 is 10.1 Å². The summed E-state index contributed by atoms with van der Waals surface area (Å²) in [5.41, 5.74) is 2.10. The van der Waals surface area contributed by atoms with Gasteiger partial charge in [-0.2, -0.15) is 0 Å². The van der Waals surface area contributed by atoms with E-state index in [9.17, 15) is 0 Å². The first-order valence-electron chi connectivity index (χ1n) is 4.71. The Morgan fingerprint density at radius 1 is 1.36 bits per heavy atom. The normalized spacial score (nSPS) is 11.5. The summed E-state index contributed by atoms with van der Waals surface area (Å²) in [7, 11) is 3.58. The predicted molar refractivity (Wildman–Crippen MR) is 57.6 cm³/mol. The molecular formula is C11H18N2O. The third-order valence-electron chi connectivity index (χ3n) is 2.49. The van der Waals surface area contributed by atoms with Crippen molar-refractivity contribution in [1.29, 1.82) is 0 Å². The summed E-state index contributed by atoms with van der Waals surface area (Å²) in [6, 6.07) is 4.03. The van der Waals surface area contributed by atoms with Crippen LogP contribution in [0, 0.1) is 6.92 Å². The van der Waals surface area contributed by atoms with E-state index in [-0.39, 0.29) is 5.54 Å². The fraction of sp³-hybridized carbons (Fsp3) is 0.545. The molecule has 1 aromatic heterocycles. The van der Waals surface area contributed by atoms with E-state index in [1.807, 2.05) is 20.0 Å². The molecule has 0 atom stereocenters. The van der Waals surface area contributed by atoms with Gasteiger partial charge in [-0.3, -0.25) is 0 Å². The fourth-order valence-corrected chi connectivity index (χ4v) is 1.25. The molecule has 1 aromatic rings. The smallest absolute Gasteiger partial charge is 0.213 e. The molecule has 0 aliphatic rings. The second kappa shape index (κ2) is 3.96. The molecule has 14 heavy (non-hydrogen) atoms. The molecule has 1 rings (SSSR count). The second-order valence-electron chi connectivity index (χ2n) is 3.91. The van der Waals surface area contributed by atoms with Gasteiger partial charge in [-0.1, -0.05) is 0 Å². The molecule has 0 aliphatic heterocycles. The van der Waals surface area contributed by atoms with Crippen LogP contribution >= 0.6 is 0 Å². The van der Waals surface area contributed by atoms with Crippen LogP contribution in [0.25, 0.3) is 0 Å². The minimum atomic E-state index is -0.0546. The Balaban J connectivity index is 3.15. The molecule has 1 heterocycles. The molecule has 0 saturated heterocycles. The lowest BCUT2D eigenvalue weighted by molar-refractivity contribution is 0.389. The summed E-state index contributed by atoms with van der Waals surface area (Å²) in [6.07, 6.45) is 0. The van der Waals surface area contributed by atoms with E-state index in [1.54, 1.807) is 7.11 Å². The summed E-state index contributed by atoms with van der Waals surface area (Å²) in [4.78, 5) is 4.25. The Morgan fingerprint density at radius 3 is 2.50 bits per heavy atom. The van der Waals surface area contributed by atoms with Crippen LogP contribution in [0.2, 0.25) is 0 Å². The average Bonchev–Trinajstić information content (AvgIpc) is 2.16. The first kappa shape index (κ1) is 11.0. The zero-order valence-corrected chi connectivity index (χ0v) is 9.51. The number of pyridine rings is 1. The van der Waals surface area contributed by atoms with E-state index in [0.29, 0.717) is 5.88 Å². The van der Waals surface area contributed by atoms with Crippen molar-refractivity contribution in [1.82, 2.24) is 10.3 Å². The number of nitrogens with one attached hydrogen (secondary N) is 1.